The lowest BCUT2D eigenvalue weighted by Gasteiger charge is -2.18. The highest BCUT2D eigenvalue weighted by atomic mass is 15.3. The fraction of sp³-hybridized carbons (Fsp3) is 0.571. The molecule has 0 saturated carbocycles. The van der Waals surface area contributed by atoms with E-state index in [0.717, 1.165) is 0 Å². The average molecular weight is 123 g/mol. The minimum Gasteiger partial charge on any atom is -0.267 e. The van der Waals surface area contributed by atoms with Gasteiger partial charge in [-0.1, -0.05) is 0 Å². The lowest BCUT2D eigenvalue weighted by atomic mass is 10.1. The number of rotatable bonds is 0. The quantitative estimate of drug-likeness (QED) is 0.510. The van der Waals surface area contributed by atoms with Gasteiger partial charge in [-0.3, -0.25) is 4.68 Å². The summed E-state index contributed by atoms with van der Waals surface area (Å²) in [7, 11) is 0. The van der Waals surface area contributed by atoms with Crippen LogP contribution in [0.4, 0.5) is 0 Å². The van der Waals surface area contributed by atoms with Crippen LogP contribution in [-0.2, 0) is 5.54 Å². The Balaban J connectivity index is 2.90. The maximum Gasteiger partial charge on any atom is 0.113 e. The number of hydrogen-bond acceptors (Lipinski definition) is 1. The Morgan fingerprint density at radius 1 is 1.44 bits per heavy atom. The van der Waals surface area contributed by atoms with Crippen molar-refractivity contribution in [2.24, 2.45) is 0 Å². The molecule has 0 aromatic carbocycles. The number of nitrogens with zero attached hydrogens (tertiary/aromatic N) is 2. The second kappa shape index (κ2) is 1.87. The molecule has 0 aliphatic heterocycles. The SMILES string of the molecule is CC(C)(C)n1cc[c]n1. The molecule has 1 heterocycles. The van der Waals surface area contributed by atoms with Gasteiger partial charge in [0.15, 0.2) is 0 Å². The molecule has 9 heavy (non-hydrogen) atoms. The van der Waals surface area contributed by atoms with Gasteiger partial charge >= 0.3 is 0 Å². The zero-order valence-electron chi connectivity index (χ0n) is 6.05. The van der Waals surface area contributed by atoms with Crippen LogP contribution in [-0.4, -0.2) is 9.78 Å². The van der Waals surface area contributed by atoms with Gasteiger partial charge in [0, 0.05) is 6.20 Å². The van der Waals surface area contributed by atoms with Crippen molar-refractivity contribution in [2.45, 2.75) is 26.3 Å². The molecule has 2 nitrogen and oxygen atoms in total. The fourth-order valence-electron chi connectivity index (χ4n) is 0.606. The van der Waals surface area contributed by atoms with E-state index in [0.29, 0.717) is 0 Å². The van der Waals surface area contributed by atoms with Crippen LogP contribution in [0.15, 0.2) is 12.3 Å². The van der Waals surface area contributed by atoms with Crippen LogP contribution in [0.1, 0.15) is 20.8 Å². The molecule has 1 aromatic heterocycles. The summed E-state index contributed by atoms with van der Waals surface area (Å²) in [6.45, 7) is 6.32. The van der Waals surface area contributed by atoms with Crippen LogP contribution >= 0.6 is 0 Å². The minimum atomic E-state index is 0.0972. The van der Waals surface area contributed by atoms with Crippen molar-refractivity contribution >= 4 is 0 Å². The van der Waals surface area contributed by atoms with Crippen molar-refractivity contribution in [3.63, 3.8) is 0 Å². The monoisotopic (exact) mass is 123 g/mol. The Kier molecular flexibility index (Phi) is 1.31. The Hall–Kier alpha value is -0.790. The van der Waals surface area contributed by atoms with Gasteiger partial charge in [-0.15, -0.1) is 0 Å². The fourth-order valence-corrected chi connectivity index (χ4v) is 0.606. The zero-order valence-corrected chi connectivity index (χ0v) is 6.05. The van der Waals surface area contributed by atoms with E-state index in [2.05, 4.69) is 32.1 Å². The van der Waals surface area contributed by atoms with Crippen LogP contribution < -0.4 is 0 Å². The molecule has 0 aliphatic rings. The molecule has 1 radical (unpaired) electrons. The average Bonchev–Trinajstić information content (AvgIpc) is 2.08. The third kappa shape index (κ3) is 1.31. The molecule has 0 unspecified atom stereocenters. The van der Waals surface area contributed by atoms with E-state index < -0.39 is 0 Å². The largest absolute Gasteiger partial charge is 0.267 e. The molecule has 0 aliphatic carbocycles. The summed E-state index contributed by atoms with van der Waals surface area (Å²) >= 11 is 0. The summed E-state index contributed by atoms with van der Waals surface area (Å²) in [5, 5.41) is 3.98. The molecule has 0 spiro atoms. The summed E-state index contributed by atoms with van der Waals surface area (Å²) in [5.74, 6) is 0. The van der Waals surface area contributed by atoms with Gasteiger partial charge in [0.1, 0.15) is 6.20 Å². The summed E-state index contributed by atoms with van der Waals surface area (Å²) in [6, 6.07) is 1.81. The Morgan fingerprint density at radius 3 is 2.33 bits per heavy atom. The predicted molar refractivity (Wildman–Crippen MR) is 36.1 cm³/mol. The second-order valence-electron chi connectivity index (χ2n) is 3.06. The summed E-state index contributed by atoms with van der Waals surface area (Å²) < 4.78 is 1.88. The lowest BCUT2D eigenvalue weighted by molar-refractivity contribution is 0.355. The molecule has 49 valence electrons. The highest BCUT2D eigenvalue weighted by molar-refractivity contribution is 4.81. The normalized spacial score (nSPS) is 11.9. The molecule has 0 fully saturated rings. The van der Waals surface area contributed by atoms with Gasteiger partial charge < -0.3 is 0 Å². The number of aromatic nitrogens is 2. The standard InChI is InChI=1S/C7H11N2/c1-7(2,3)9-6-4-5-8-9/h4,6H,1-3H3. The molecule has 1 aromatic rings. The van der Waals surface area contributed by atoms with Crippen molar-refractivity contribution in [1.29, 1.82) is 0 Å². The van der Waals surface area contributed by atoms with Gasteiger partial charge in [-0.2, -0.15) is 5.10 Å². The van der Waals surface area contributed by atoms with Gasteiger partial charge in [0.2, 0.25) is 0 Å². The topological polar surface area (TPSA) is 17.8 Å². The highest BCUT2D eigenvalue weighted by Gasteiger charge is 2.10. The maximum atomic E-state index is 3.98. The molecule has 0 N–H and O–H groups in total. The first-order chi connectivity index (χ1) is 4.11. The van der Waals surface area contributed by atoms with Gasteiger partial charge in [0.05, 0.1) is 5.54 Å². The van der Waals surface area contributed by atoms with E-state index in [9.17, 15) is 0 Å². The first-order valence-corrected chi connectivity index (χ1v) is 3.03. The molecule has 0 amide bonds. The number of hydrogen-bond donors (Lipinski definition) is 0. The van der Waals surface area contributed by atoms with Gasteiger partial charge in [-0.05, 0) is 26.8 Å². The smallest absolute Gasteiger partial charge is 0.113 e. The van der Waals surface area contributed by atoms with Crippen LogP contribution in [0.3, 0.4) is 0 Å². The van der Waals surface area contributed by atoms with E-state index in [-0.39, 0.29) is 5.54 Å². The van der Waals surface area contributed by atoms with Gasteiger partial charge in [-0.25, -0.2) is 0 Å². The molecule has 1 rings (SSSR count). The first-order valence-electron chi connectivity index (χ1n) is 3.03. The Bertz CT molecular complexity index is 169. The minimum absolute atomic E-state index is 0.0972. The third-order valence-electron chi connectivity index (χ3n) is 1.14. The first kappa shape index (κ1) is 6.33. The van der Waals surface area contributed by atoms with Crippen LogP contribution in [0, 0.1) is 6.20 Å². The lowest BCUT2D eigenvalue weighted by Crippen LogP contribution is -2.21. The second-order valence-corrected chi connectivity index (χ2v) is 3.06. The molecule has 0 atom stereocenters. The van der Waals surface area contributed by atoms with E-state index in [4.69, 9.17) is 0 Å². The van der Waals surface area contributed by atoms with Crippen molar-refractivity contribution < 1.29 is 0 Å². The Labute approximate surface area is 55.5 Å². The molecule has 0 bridgehead atoms. The zero-order chi connectivity index (χ0) is 6.91. The van der Waals surface area contributed by atoms with Gasteiger partial charge in [0.25, 0.3) is 0 Å². The molecule has 0 saturated heterocycles. The van der Waals surface area contributed by atoms with E-state index >= 15 is 0 Å². The highest BCUT2D eigenvalue weighted by Crippen LogP contribution is 2.09. The molecule has 2 heteroatoms. The van der Waals surface area contributed by atoms with E-state index in [1.165, 1.54) is 0 Å². The molecular weight excluding hydrogens is 112 g/mol. The third-order valence-corrected chi connectivity index (χ3v) is 1.14. The van der Waals surface area contributed by atoms with E-state index in [1.807, 2.05) is 16.9 Å². The summed E-state index contributed by atoms with van der Waals surface area (Å²) in [4.78, 5) is 0. The Morgan fingerprint density at radius 2 is 2.11 bits per heavy atom. The van der Waals surface area contributed by atoms with Crippen molar-refractivity contribution in [3.05, 3.63) is 18.5 Å². The van der Waals surface area contributed by atoms with Crippen molar-refractivity contribution in [2.75, 3.05) is 0 Å². The predicted octanol–water partition coefficient (Wildman–Crippen LogP) is 1.44. The summed E-state index contributed by atoms with van der Waals surface area (Å²) in [5.41, 5.74) is 0.0972. The van der Waals surface area contributed by atoms with Crippen LogP contribution in [0.25, 0.3) is 0 Å². The van der Waals surface area contributed by atoms with Crippen LogP contribution in [0.5, 0.6) is 0 Å². The van der Waals surface area contributed by atoms with Crippen molar-refractivity contribution in [3.8, 4) is 0 Å². The molecular formula is C7H11N2. The van der Waals surface area contributed by atoms with Crippen molar-refractivity contribution in [1.82, 2.24) is 9.78 Å². The maximum absolute atomic E-state index is 3.98. The van der Waals surface area contributed by atoms with E-state index in [1.54, 1.807) is 0 Å². The van der Waals surface area contributed by atoms with Crippen LogP contribution in [0.2, 0.25) is 0 Å². The summed E-state index contributed by atoms with van der Waals surface area (Å²) in [6.07, 6.45) is 4.67.